The first kappa shape index (κ1) is 21.8. The largest absolute Gasteiger partial charge is 0.496 e. The molecule has 1 saturated heterocycles. The van der Waals surface area contributed by atoms with Crippen molar-refractivity contribution in [3.63, 3.8) is 0 Å². The predicted octanol–water partition coefficient (Wildman–Crippen LogP) is 2.60. The molecule has 0 saturated carbocycles. The van der Waals surface area contributed by atoms with Crippen LogP contribution < -0.4 is 9.64 Å². The summed E-state index contributed by atoms with van der Waals surface area (Å²) < 4.78 is 6.81. The molecule has 0 aliphatic carbocycles. The molecule has 32 heavy (non-hydrogen) atoms. The molecule has 1 aromatic heterocycles. The zero-order valence-electron chi connectivity index (χ0n) is 18.7. The van der Waals surface area contributed by atoms with Gasteiger partial charge in [0.15, 0.2) is 5.69 Å². The molecule has 1 aliphatic rings. The number of hydrogen-bond donors (Lipinski definition) is 1. The number of carbonyl (C=O) groups is 1. The van der Waals surface area contributed by atoms with Gasteiger partial charge in [0.2, 0.25) is 0 Å². The number of hydrogen-bond acceptors (Lipinski definition) is 6. The molecule has 3 aromatic rings. The van der Waals surface area contributed by atoms with E-state index in [1.165, 1.54) is 21.5 Å². The average Bonchev–Trinajstić information content (AvgIpc) is 3.29. The number of piperazine rings is 1. The van der Waals surface area contributed by atoms with Crippen molar-refractivity contribution in [2.75, 3.05) is 38.2 Å². The molecule has 8 nitrogen and oxygen atoms in total. The van der Waals surface area contributed by atoms with Crippen LogP contribution in [-0.4, -0.2) is 64.2 Å². The molecule has 4 rings (SSSR count). The first-order chi connectivity index (χ1) is 15.5. The Balaban J connectivity index is 1.37. The van der Waals surface area contributed by atoms with Crippen molar-refractivity contribution in [3.05, 3.63) is 71.0 Å². The number of aliphatic hydroxyl groups excluding tert-OH is 1. The summed E-state index contributed by atoms with van der Waals surface area (Å²) in [6.07, 6.45) is 0.773. The fourth-order valence-electron chi connectivity index (χ4n) is 4.09. The van der Waals surface area contributed by atoms with Crippen molar-refractivity contribution in [2.45, 2.75) is 26.5 Å². The highest BCUT2D eigenvalue weighted by atomic mass is 16.5. The number of aliphatic hydroxyl groups is 1. The van der Waals surface area contributed by atoms with Crippen molar-refractivity contribution in [3.8, 4) is 5.75 Å². The van der Waals surface area contributed by atoms with Gasteiger partial charge in [-0.25, -0.2) is 4.68 Å². The lowest BCUT2D eigenvalue weighted by atomic mass is 10.1. The lowest BCUT2D eigenvalue weighted by molar-refractivity contribution is 0.0740. The Bertz CT molecular complexity index is 1090. The van der Waals surface area contributed by atoms with E-state index in [1.807, 2.05) is 23.1 Å². The summed E-state index contributed by atoms with van der Waals surface area (Å²) in [4.78, 5) is 17.1. The number of anilines is 1. The van der Waals surface area contributed by atoms with E-state index in [9.17, 15) is 9.90 Å². The number of aryl methyl sites for hydroxylation is 1. The smallest absolute Gasteiger partial charge is 0.276 e. The van der Waals surface area contributed by atoms with Gasteiger partial charge in [0.1, 0.15) is 11.9 Å². The van der Waals surface area contributed by atoms with Gasteiger partial charge in [0, 0.05) is 37.4 Å². The van der Waals surface area contributed by atoms with Crippen molar-refractivity contribution in [2.24, 2.45) is 0 Å². The van der Waals surface area contributed by atoms with E-state index >= 15 is 0 Å². The molecule has 1 unspecified atom stereocenters. The first-order valence-corrected chi connectivity index (χ1v) is 10.8. The van der Waals surface area contributed by atoms with E-state index in [0.717, 1.165) is 13.1 Å². The zero-order valence-corrected chi connectivity index (χ0v) is 18.7. The molecule has 1 N–H and O–H groups in total. The summed E-state index contributed by atoms with van der Waals surface area (Å²) >= 11 is 0. The van der Waals surface area contributed by atoms with Crippen LogP contribution in [0.4, 0.5) is 5.69 Å². The number of aromatic nitrogens is 3. The Labute approximate surface area is 188 Å². The fourth-order valence-corrected chi connectivity index (χ4v) is 4.09. The third-order valence-corrected chi connectivity index (χ3v) is 6.10. The Morgan fingerprint density at radius 1 is 1.09 bits per heavy atom. The molecule has 1 fully saturated rings. The summed E-state index contributed by atoms with van der Waals surface area (Å²) in [5.74, 6) is 0.474. The van der Waals surface area contributed by atoms with Crippen LogP contribution in [0.2, 0.25) is 0 Å². The Morgan fingerprint density at radius 3 is 2.59 bits per heavy atom. The minimum Gasteiger partial charge on any atom is -0.496 e. The van der Waals surface area contributed by atoms with E-state index in [-0.39, 0.29) is 18.1 Å². The van der Waals surface area contributed by atoms with Gasteiger partial charge >= 0.3 is 0 Å². The molecule has 0 radical (unpaired) electrons. The normalized spacial score (nSPS) is 15.0. The summed E-state index contributed by atoms with van der Waals surface area (Å²) in [7, 11) is 1.57. The van der Waals surface area contributed by atoms with Crippen molar-refractivity contribution in [1.29, 1.82) is 0 Å². The van der Waals surface area contributed by atoms with Crippen molar-refractivity contribution < 1.29 is 14.6 Å². The number of rotatable bonds is 6. The van der Waals surface area contributed by atoms with Crippen LogP contribution in [0.25, 0.3) is 0 Å². The summed E-state index contributed by atoms with van der Waals surface area (Å²) in [5, 5.41) is 18.7. The number of amides is 1. The Hall–Kier alpha value is -3.39. The van der Waals surface area contributed by atoms with Gasteiger partial charge in [-0.1, -0.05) is 35.5 Å². The molecule has 2 aromatic carbocycles. The molecule has 8 heteroatoms. The van der Waals surface area contributed by atoms with Crippen molar-refractivity contribution >= 4 is 11.6 Å². The van der Waals surface area contributed by atoms with Gasteiger partial charge in [-0.05, 0) is 37.1 Å². The number of carbonyl (C=O) groups excluding carboxylic acids is 1. The fraction of sp³-hybridized carbons (Fsp3) is 0.375. The van der Waals surface area contributed by atoms with E-state index in [1.54, 1.807) is 19.4 Å². The second-order valence-electron chi connectivity index (χ2n) is 8.08. The highest BCUT2D eigenvalue weighted by Gasteiger charge is 2.25. The maximum absolute atomic E-state index is 12.9. The molecular formula is C24H29N5O3. The van der Waals surface area contributed by atoms with E-state index in [0.29, 0.717) is 24.4 Å². The standard InChI is InChI=1S/C24H29N5O3/c1-17-7-6-9-21(18(17)2)27-11-13-28(14-12-27)24(31)20-15-29(26-25-20)16-22(30)19-8-4-5-10-23(19)32-3/h4-10,15,22,30H,11-14,16H2,1-3H3. The third-order valence-electron chi connectivity index (χ3n) is 6.10. The van der Waals surface area contributed by atoms with Crippen LogP contribution in [0.3, 0.4) is 0 Å². The third kappa shape index (κ3) is 4.45. The van der Waals surface area contributed by atoms with E-state index < -0.39 is 6.10 Å². The quantitative estimate of drug-likeness (QED) is 0.641. The van der Waals surface area contributed by atoms with E-state index in [4.69, 9.17) is 4.74 Å². The first-order valence-electron chi connectivity index (χ1n) is 10.8. The summed E-state index contributed by atoms with van der Waals surface area (Å²) in [6.45, 7) is 7.24. The lowest BCUT2D eigenvalue weighted by Crippen LogP contribution is -2.49. The van der Waals surface area contributed by atoms with Gasteiger partial charge in [0.25, 0.3) is 5.91 Å². The number of para-hydroxylation sites is 1. The van der Waals surface area contributed by atoms with Gasteiger partial charge in [-0.15, -0.1) is 5.10 Å². The lowest BCUT2D eigenvalue weighted by Gasteiger charge is -2.36. The monoisotopic (exact) mass is 435 g/mol. The Morgan fingerprint density at radius 2 is 1.84 bits per heavy atom. The highest BCUT2D eigenvalue weighted by Crippen LogP contribution is 2.26. The maximum Gasteiger partial charge on any atom is 0.276 e. The van der Waals surface area contributed by atoms with Crippen LogP contribution in [0.1, 0.15) is 33.3 Å². The SMILES string of the molecule is COc1ccccc1C(O)Cn1cc(C(=O)N2CCN(c3cccc(C)c3C)CC2)nn1. The highest BCUT2D eigenvalue weighted by molar-refractivity contribution is 5.92. The molecular weight excluding hydrogens is 406 g/mol. The minimum absolute atomic E-state index is 0.136. The van der Waals surface area contributed by atoms with Crippen LogP contribution in [-0.2, 0) is 6.54 Å². The van der Waals surface area contributed by atoms with E-state index in [2.05, 4.69) is 47.3 Å². The molecule has 1 amide bonds. The number of methoxy groups -OCH3 is 1. The minimum atomic E-state index is -0.822. The van der Waals surface area contributed by atoms with Crippen LogP contribution in [0.5, 0.6) is 5.75 Å². The topological polar surface area (TPSA) is 83.7 Å². The molecule has 1 aliphatic heterocycles. The van der Waals surface area contributed by atoms with Gasteiger partial charge in [-0.2, -0.15) is 0 Å². The second-order valence-corrected chi connectivity index (χ2v) is 8.08. The summed E-state index contributed by atoms with van der Waals surface area (Å²) in [6, 6.07) is 13.6. The number of nitrogens with zero attached hydrogens (tertiary/aromatic N) is 5. The molecule has 2 heterocycles. The van der Waals surface area contributed by atoms with Gasteiger partial charge in [0.05, 0.1) is 19.9 Å². The second kappa shape index (κ2) is 9.40. The van der Waals surface area contributed by atoms with Gasteiger partial charge < -0.3 is 19.6 Å². The summed E-state index contributed by atoms with van der Waals surface area (Å²) in [5.41, 5.74) is 4.74. The number of benzene rings is 2. The molecule has 168 valence electrons. The zero-order chi connectivity index (χ0) is 22.7. The van der Waals surface area contributed by atoms with Crippen LogP contribution in [0.15, 0.2) is 48.7 Å². The van der Waals surface area contributed by atoms with Crippen LogP contribution in [0, 0.1) is 13.8 Å². The average molecular weight is 436 g/mol. The molecule has 0 spiro atoms. The Kier molecular flexibility index (Phi) is 6.41. The van der Waals surface area contributed by atoms with Crippen LogP contribution >= 0.6 is 0 Å². The molecule has 0 bridgehead atoms. The predicted molar refractivity (Wildman–Crippen MR) is 122 cm³/mol. The maximum atomic E-state index is 12.9. The van der Waals surface area contributed by atoms with Gasteiger partial charge in [-0.3, -0.25) is 4.79 Å². The molecule has 1 atom stereocenters. The van der Waals surface area contributed by atoms with Crippen molar-refractivity contribution in [1.82, 2.24) is 19.9 Å². The number of ether oxygens (including phenoxy) is 1.